The Morgan fingerprint density at radius 2 is 1.06 bits per heavy atom. The molecule has 0 spiro atoms. The predicted octanol–water partition coefficient (Wildman–Crippen LogP) is 0.908. The fraction of sp³-hybridized carbons (Fsp3) is 0.522. The summed E-state index contributed by atoms with van der Waals surface area (Å²) in [4.78, 5) is 53.9. The van der Waals surface area contributed by atoms with Crippen LogP contribution in [0.1, 0.15) is 78.2 Å². The number of hydrogen-bond donors (Lipinski definition) is 0. The average Bonchev–Trinajstić information content (AvgIpc) is 2.56. The molecule has 0 saturated heterocycles. The fourth-order valence-corrected chi connectivity index (χ4v) is 2.23. The molecular weight excluding hydrogens is 455 g/mol. The molecule has 1 aromatic carbocycles. The van der Waals surface area contributed by atoms with Gasteiger partial charge >= 0.3 is 47.8 Å². The topological polar surface area (TPSA) is 135 Å². The molecule has 1 aromatic rings. The Morgan fingerprint density at radius 1 is 0.706 bits per heavy atom. The van der Waals surface area contributed by atoms with Crippen LogP contribution in [0.15, 0.2) is 29.3 Å². The summed E-state index contributed by atoms with van der Waals surface area (Å²) in [6.07, 6.45) is -3.38. The Hall–Kier alpha value is -2.43. The minimum atomic E-state index is -1.43. The number of hydrogen-bond acceptors (Lipinski definition) is 8. The van der Waals surface area contributed by atoms with Gasteiger partial charge in [0.2, 0.25) is 0 Å². The zero-order chi connectivity index (χ0) is 25.8. The Kier molecular flexibility index (Phi) is 11.0. The van der Waals surface area contributed by atoms with Crippen molar-refractivity contribution in [3.63, 3.8) is 0 Å². The van der Waals surface area contributed by atoms with Gasteiger partial charge < -0.3 is 24.1 Å². The molecule has 0 unspecified atom stereocenters. The van der Waals surface area contributed by atoms with Crippen molar-refractivity contribution >= 4 is 30.1 Å². The second kappa shape index (κ2) is 11.8. The number of rotatable bonds is 2. The smallest absolute Gasteiger partial charge is 0.545 e. The third-order valence-corrected chi connectivity index (χ3v) is 3.33. The van der Waals surface area contributed by atoms with Gasteiger partial charge in [0.15, 0.2) is 5.84 Å². The molecule has 34 heavy (non-hydrogen) atoms. The molecule has 11 heteroatoms. The summed E-state index contributed by atoms with van der Waals surface area (Å²) in [5.41, 5.74) is -2.99. The molecule has 0 atom stereocenters. The van der Waals surface area contributed by atoms with Crippen LogP contribution in [0.2, 0.25) is 0 Å². The molecule has 0 bridgehead atoms. The van der Waals surface area contributed by atoms with Crippen molar-refractivity contribution in [1.82, 2.24) is 4.90 Å². The van der Waals surface area contributed by atoms with Crippen LogP contribution in [0, 0.1) is 0 Å². The van der Waals surface area contributed by atoms with Crippen molar-refractivity contribution in [1.29, 1.82) is 0 Å². The van der Waals surface area contributed by atoms with Gasteiger partial charge in [-0.2, -0.15) is 9.89 Å². The first-order valence-electron chi connectivity index (χ1n) is 10.2. The fourth-order valence-electron chi connectivity index (χ4n) is 2.23. The standard InChI is InChI=1S/C23H32N2O8.Na/c1-21(2,3)31-18(28)24-16(14-10-12-15(13-11-14)17(26)27)25(19(29)32-22(4,5)6)20(30)33-23(7,8)9;/h10-13H,1-9H3,(H,26,27);/q;+1/p-1/b24-16+;. The van der Waals surface area contributed by atoms with E-state index >= 15 is 0 Å². The van der Waals surface area contributed by atoms with Gasteiger partial charge in [-0.3, -0.25) is 0 Å². The molecule has 3 amide bonds. The molecule has 0 saturated carbocycles. The number of amidine groups is 1. The number of amides is 3. The Balaban J connectivity index is 0.0000109. The number of benzene rings is 1. The zero-order valence-electron chi connectivity index (χ0n) is 21.5. The zero-order valence-corrected chi connectivity index (χ0v) is 23.5. The van der Waals surface area contributed by atoms with Crippen LogP contribution in [0.4, 0.5) is 14.4 Å². The number of carboxylic acids is 1. The summed E-state index contributed by atoms with van der Waals surface area (Å²) < 4.78 is 15.9. The first kappa shape index (κ1) is 31.6. The third kappa shape index (κ3) is 11.1. The molecule has 0 aliphatic rings. The van der Waals surface area contributed by atoms with E-state index in [0.29, 0.717) is 4.90 Å². The van der Waals surface area contributed by atoms with Crippen molar-refractivity contribution in [3.8, 4) is 0 Å². The van der Waals surface area contributed by atoms with E-state index in [1.165, 1.54) is 24.3 Å². The minimum Gasteiger partial charge on any atom is -0.545 e. The number of carboxylic acid groups (broad SMARTS) is 1. The maximum atomic E-state index is 13.0. The van der Waals surface area contributed by atoms with E-state index < -0.39 is 46.9 Å². The first-order chi connectivity index (χ1) is 14.8. The van der Waals surface area contributed by atoms with Gasteiger partial charge in [0.1, 0.15) is 16.8 Å². The van der Waals surface area contributed by atoms with Crippen molar-refractivity contribution in [2.75, 3.05) is 0 Å². The van der Waals surface area contributed by atoms with Crippen molar-refractivity contribution in [2.45, 2.75) is 79.1 Å². The quantitative estimate of drug-likeness (QED) is 0.261. The molecule has 0 aliphatic heterocycles. The van der Waals surface area contributed by atoms with Crippen LogP contribution in [0.5, 0.6) is 0 Å². The van der Waals surface area contributed by atoms with Gasteiger partial charge in [-0.15, -0.1) is 0 Å². The number of ether oxygens (including phenoxy) is 3. The Morgan fingerprint density at radius 3 is 1.38 bits per heavy atom. The molecule has 182 valence electrons. The average molecular weight is 486 g/mol. The molecule has 0 aliphatic carbocycles. The molecule has 0 heterocycles. The van der Waals surface area contributed by atoms with Gasteiger partial charge in [0.05, 0.1) is 5.97 Å². The Labute approximate surface area is 221 Å². The van der Waals surface area contributed by atoms with E-state index in [0.717, 1.165) is 0 Å². The van der Waals surface area contributed by atoms with Gasteiger partial charge in [0, 0.05) is 5.56 Å². The maximum absolute atomic E-state index is 13.0. The van der Waals surface area contributed by atoms with E-state index in [4.69, 9.17) is 14.2 Å². The van der Waals surface area contributed by atoms with Crippen molar-refractivity contribution in [3.05, 3.63) is 35.4 Å². The minimum absolute atomic E-state index is 0. The third-order valence-electron chi connectivity index (χ3n) is 3.33. The first-order valence-corrected chi connectivity index (χ1v) is 10.2. The molecular formula is C23H31N2NaO8. The predicted molar refractivity (Wildman–Crippen MR) is 118 cm³/mol. The van der Waals surface area contributed by atoms with E-state index in [2.05, 4.69) is 4.99 Å². The van der Waals surface area contributed by atoms with Gasteiger partial charge in [0.25, 0.3) is 0 Å². The van der Waals surface area contributed by atoms with Crippen LogP contribution in [-0.4, -0.2) is 51.8 Å². The van der Waals surface area contributed by atoms with Gasteiger partial charge in [-0.1, -0.05) is 24.3 Å². The molecule has 10 nitrogen and oxygen atoms in total. The summed E-state index contributed by atoms with van der Waals surface area (Å²) >= 11 is 0. The van der Waals surface area contributed by atoms with E-state index in [1.54, 1.807) is 62.3 Å². The molecule has 0 fully saturated rings. The summed E-state index contributed by atoms with van der Waals surface area (Å²) in [5, 5.41) is 11.1. The maximum Gasteiger partial charge on any atom is 1.00 e. The summed E-state index contributed by atoms with van der Waals surface area (Å²) in [6.45, 7) is 14.4. The van der Waals surface area contributed by atoms with Crippen LogP contribution in [0.3, 0.4) is 0 Å². The van der Waals surface area contributed by atoms with Crippen LogP contribution < -0.4 is 34.7 Å². The van der Waals surface area contributed by atoms with Crippen LogP contribution >= 0.6 is 0 Å². The van der Waals surface area contributed by atoms with Gasteiger partial charge in [-0.25, -0.2) is 14.4 Å². The molecule has 1 rings (SSSR count). The van der Waals surface area contributed by atoms with Crippen molar-refractivity contribution < 1.29 is 68.1 Å². The summed E-state index contributed by atoms with van der Waals surface area (Å²) in [6, 6.07) is 4.88. The number of carbonyl (C=O) groups excluding carboxylic acids is 4. The largest absolute Gasteiger partial charge is 1.00 e. The molecule has 0 N–H and O–H groups in total. The van der Waals surface area contributed by atoms with Crippen molar-refractivity contribution in [2.24, 2.45) is 4.99 Å². The van der Waals surface area contributed by atoms with E-state index in [-0.39, 0.29) is 40.7 Å². The van der Waals surface area contributed by atoms with Crippen LogP contribution in [0.25, 0.3) is 0 Å². The number of carbonyl (C=O) groups is 4. The molecule has 0 radical (unpaired) electrons. The van der Waals surface area contributed by atoms with E-state index in [9.17, 15) is 24.3 Å². The van der Waals surface area contributed by atoms with E-state index in [1.807, 2.05) is 0 Å². The van der Waals surface area contributed by atoms with Gasteiger partial charge in [-0.05, 0) is 67.9 Å². The Bertz CT molecular complexity index is 908. The number of aromatic carboxylic acids is 1. The van der Waals surface area contributed by atoms with Crippen LogP contribution in [-0.2, 0) is 14.2 Å². The second-order valence-corrected chi connectivity index (χ2v) is 10.1. The monoisotopic (exact) mass is 486 g/mol. The SMILES string of the molecule is CC(C)(C)OC(=O)/N=C(\c1ccc(C(=O)[O-])cc1)N(C(=O)OC(C)(C)C)C(=O)OC(C)(C)C.[Na+]. The number of aliphatic imine (C=N–C) groups is 1. The number of imide groups is 1. The normalized spacial score (nSPS) is 12.2. The summed E-state index contributed by atoms with van der Waals surface area (Å²) in [7, 11) is 0. The second-order valence-electron chi connectivity index (χ2n) is 10.1. The number of nitrogens with zero attached hydrogens (tertiary/aromatic N) is 2. The molecule has 0 aromatic heterocycles. The summed E-state index contributed by atoms with van der Waals surface area (Å²) in [5.74, 6) is -1.89.